The molecule has 0 saturated heterocycles. The number of hydrogen-bond acceptors (Lipinski definition) is 4. The van der Waals surface area contributed by atoms with Crippen LogP contribution in [0.25, 0.3) is 0 Å². The summed E-state index contributed by atoms with van der Waals surface area (Å²) < 4.78 is 5.11. The number of rotatable bonds is 4. The van der Waals surface area contributed by atoms with E-state index in [1.54, 1.807) is 42.5 Å². The Morgan fingerprint density at radius 3 is 2.40 bits per heavy atom. The fourth-order valence-corrected chi connectivity index (χ4v) is 2.26. The van der Waals surface area contributed by atoms with Gasteiger partial charge in [0.05, 0.1) is 10.0 Å². The minimum atomic E-state index is -0.512. The molecule has 3 aromatic rings. The molecule has 0 aliphatic carbocycles. The summed E-state index contributed by atoms with van der Waals surface area (Å²) in [5, 5.41) is 5.78. The van der Waals surface area contributed by atoms with Gasteiger partial charge in [0.2, 0.25) is 0 Å². The van der Waals surface area contributed by atoms with Crippen LogP contribution in [0.3, 0.4) is 0 Å². The molecule has 2 N–H and O–H groups in total. The zero-order chi connectivity index (χ0) is 17.8. The normalized spacial score (nSPS) is 10.3. The minimum absolute atomic E-state index is 0.00874. The molecule has 0 atom stereocenters. The zero-order valence-corrected chi connectivity index (χ0v) is 14.1. The minimum Gasteiger partial charge on any atom is -0.431 e. The van der Waals surface area contributed by atoms with Gasteiger partial charge in [0, 0.05) is 11.3 Å². The molecule has 0 aliphatic heterocycles. The quantitative estimate of drug-likeness (QED) is 0.703. The fourth-order valence-electron chi connectivity index (χ4n) is 1.96. The third kappa shape index (κ3) is 4.17. The molecule has 0 aliphatic rings. The number of aromatic nitrogens is 1. The maximum absolute atomic E-state index is 12.2. The van der Waals surface area contributed by atoms with E-state index in [-0.39, 0.29) is 17.6 Å². The van der Waals surface area contributed by atoms with Gasteiger partial charge < -0.3 is 9.73 Å². The molecule has 2 amide bonds. The summed E-state index contributed by atoms with van der Waals surface area (Å²) in [6, 6.07) is 13.2. The number of nitrogens with zero attached hydrogens (tertiary/aromatic N) is 1. The molecule has 3 rings (SSSR count). The van der Waals surface area contributed by atoms with Gasteiger partial charge >= 0.3 is 6.01 Å². The van der Waals surface area contributed by atoms with E-state index in [4.69, 9.17) is 27.6 Å². The summed E-state index contributed by atoms with van der Waals surface area (Å²) in [5.41, 5.74) is 0.911. The van der Waals surface area contributed by atoms with Gasteiger partial charge in [-0.15, -0.1) is 0 Å². The lowest BCUT2D eigenvalue weighted by molar-refractivity contribution is 0.101. The Labute approximate surface area is 152 Å². The van der Waals surface area contributed by atoms with Crippen molar-refractivity contribution >= 4 is 46.7 Å². The van der Waals surface area contributed by atoms with Crippen molar-refractivity contribution in [1.82, 2.24) is 4.98 Å². The summed E-state index contributed by atoms with van der Waals surface area (Å²) in [5.74, 6) is -0.902. The molecular formula is C17H11Cl2N3O3. The molecule has 1 aromatic heterocycles. The van der Waals surface area contributed by atoms with Crippen molar-refractivity contribution in [1.29, 1.82) is 0 Å². The molecule has 0 saturated carbocycles. The standard InChI is InChI=1S/C17H11Cl2N3O3/c18-12-7-6-11(8-13(12)19)20-16(24)14-9-25-17(21-14)22-15(23)10-4-2-1-3-5-10/h1-9H,(H,20,24)(H,21,22,23). The molecule has 0 fully saturated rings. The van der Waals surface area contributed by atoms with Crippen LogP contribution in [0.15, 0.2) is 59.2 Å². The molecule has 25 heavy (non-hydrogen) atoms. The molecule has 1 heterocycles. The van der Waals surface area contributed by atoms with E-state index in [0.717, 1.165) is 6.26 Å². The lowest BCUT2D eigenvalue weighted by Gasteiger charge is -2.04. The fraction of sp³-hybridized carbons (Fsp3) is 0. The van der Waals surface area contributed by atoms with Crippen LogP contribution in [0.2, 0.25) is 10.0 Å². The van der Waals surface area contributed by atoms with Crippen molar-refractivity contribution in [3.63, 3.8) is 0 Å². The summed E-state index contributed by atoms with van der Waals surface area (Å²) in [4.78, 5) is 28.1. The third-order valence-electron chi connectivity index (χ3n) is 3.17. The molecule has 0 bridgehead atoms. The highest BCUT2D eigenvalue weighted by atomic mass is 35.5. The molecule has 126 valence electrons. The van der Waals surface area contributed by atoms with Crippen molar-refractivity contribution in [2.75, 3.05) is 10.6 Å². The van der Waals surface area contributed by atoms with Crippen LogP contribution in [-0.4, -0.2) is 16.8 Å². The second-order valence-corrected chi connectivity index (χ2v) is 5.76. The molecule has 2 aromatic carbocycles. The Kier molecular flexibility index (Phi) is 5.02. The lowest BCUT2D eigenvalue weighted by Crippen LogP contribution is -2.14. The van der Waals surface area contributed by atoms with Crippen LogP contribution in [-0.2, 0) is 0 Å². The predicted octanol–water partition coefficient (Wildman–Crippen LogP) is 4.49. The van der Waals surface area contributed by atoms with Gasteiger partial charge in [-0.1, -0.05) is 41.4 Å². The SMILES string of the molecule is O=C(Nc1nc(C(=O)Nc2ccc(Cl)c(Cl)c2)co1)c1ccccc1. The average molecular weight is 376 g/mol. The number of halogens is 2. The van der Waals surface area contributed by atoms with Gasteiger partial charge in [-0.05, 0) is 30.3 Å². The van der Waals surface area contributed by atoms with Crippen LogP contribution in [0.5, 0.6) is 0 Å². The topological polar surface area (TPSA) is 84.2 Å². The second-order valence-electron chi connectivity index (χ2n) is 4.94. The highest BCUT2D eigenvalue weighted by molar-refractivity contribution is 6.42. The number of carbonyl (C=O) groups excluding carboxylic acids is 2. The average Bonchev–Trinajstić information content (AvgIpc) is 3.07. The third-order valence-corrected chi connectivity index (χ3v) is 3.91. The molecule has 0 radical (unpaired) electrons. The van der Waals surface area contributed by atoms with E-state index in [9.17, 15) is 9.59 Å². The smallest absolute Gasteiger partial charge is 0.302 e. The maximum atomic E-state index is 12.2. The predicted molar refractivity (Wildman–Crippen MR) is 95.3 cm³/mol. The number of carbonyl (C=O) groups is 2. The molecule has 0 unspecified atom stereocenters. The van der Waals surface area contributed by atoms with E-state index in [1.165, 1.54) is 6.07 Å². The summed E-state index contributed by atoms with van der Waals surface area (Å²) >= 11 is 11.7. The van der Waals surface area contributed by atoms with Crippen LogP contribution in [0.4, 0.5) is 11.7 Å². The molecule has 8 heteroatoms. The summed E-state index contributed by atoms with van der Waals surface area (Å²) in [7, 11) is 0. The second kappa shape index (κ2) is 7.38. The lowest BCUT2D eigenvalue weighted by atomic mass is 10.2. The number of amides is 2. The zero-order valence-electron chi connectivity index (χ0n) is 12.6. The Morgan fingerprint density at radius 2 is 1.68 bits per heavy atom. The van der Waals surface area contributed by atoms with Gasteiger partial charge in [-0.25, -0.2) is 0 Å². The molecule has 0 spiro atoms. The largest absolute Gasteiger partial charge is 0.431 e. The van der Waals surface area contributed by atoms with Crippen molar-refractivity contribution in [2.45, 2.75) is 0 Å². The number of anilines is 2. The van der Waals surface area contributed by atoms with Crippen LogP contribution in [0, 0.1) is 0 Å². The van der Waals surface area contributed by atoms with Gasteiger partial charge in [0.1, 0.15) is 6.26 Å². The van der Waals surface area contributed by atoms with E-state index < -0.39 is 5.91 Å². The summed E-state index contributed by atoms with van der Waals surface area (Å²) in [6.45, 7) is 0. The molecular weight excluding hydrogens is 365 g/mol. The van der Waals surface area contributed by atoms with Crippen molar-refractivity contribution in [3.8, 4) is 0 Å². The highest BCUT2D eigenvalue weighted by Gasteiger charge is 2.15. The maximum Gasteiger partial charge on any atom is 0.302 e. The van der Waals surface area contributed by atoms with E-state index in [1.807, 2.05) is 0 Å². The van der Waals surface area contributed by atoms with Gasteiger partial charge in [0.25, 0.3) is 11.8 Å². The number of nitrogens with one attached hydrogen (secondary N) is 2. The van der Waals surface area contributed by atoms with E-state index in [2.05, 4.69) is 15.6 Å². The number of hydrogen-bond donors (Lipinski definition) is 2. The van der Waals surface area contributed by atoms with Gasteiger partial charge in [-0.3, -0.25) is 14.9 Å². The van der Waals surface area contributed by atoms with Crippen molar-refractivity contribution in [2.24, 2.45) is 0 Å². The van der Waals surface area contributed by atoms with Gasteiger partial charge in [-0.2, -0.15) is 4.98 Å². The van der Waals surface area contributed by atoms with Crippen molar-refractivity contribution < 1.29 is 14.0 Å². The van der Waals surface area contributed by atoms with Gasteiger partial charge in [0.15, 0.2) is 5.69 Å². The Bertz CT molecular complexity index is 926. The van der Waals surface area contributed by atoms with Crippen molar-refractivity contribution in [3.05, 3.63) is 76.1 Å². The monoisotopic (exact) mass is 375 g/mol. The Hall–Kier alpha value is -2.83. The first-order valence-corrected chi connectivity index (χ1v) is 7.87. The Morgan fingerprint density at radius 1 is 0.920 bits per heavy atom. The van der Waals surface area contributed by atoms with Crippen LogP contribution < -0.4 is 10.6 Å². The van der Waals surface area contributed by atoms with E-state index >= 15 is 0 Å². The first kappa shape index (κ1) is 17.0. The summed E-state index contributed by atoms with van der Waals surface area (Å²) in [6.07, 6.45) is 1.15. The highest BCUT2D eigenvalue weighted by Crippen LogP contribution is 2.25. The number of oxazole rings is 1. The van der Waals surface area contributed by atoms with E-state index in [0.29, 0.717) is 21.3 Å². The first-order valence-electron chi connectivity index (χ1n) is 7.11. The Balaban J connectivity index is 1.67. The van der Waals surface area contributed by atoms with Crippen LogP contribution in [0.1, 0.15) is 20.8 Å². The first-order chi connectivity index (χ1) is 12.0. The van der Waals surface area contributed by atoms with Crippen LogP contribution >= 0.6 is 23.2 Å². The molecule has 6 nitrogen and oxygen atoms in total. The number of benzene rings is 2.